The number of benzene rings is 2. The van der Waals surface area contributed by atoms with Crippen LogP contribution in [0.15, 0.2) is 71.3 Å². The molecule has 25 heavy (non-hydrogen) atoms. The lowest BCUT2D eigenvalue weighted by Gasteiger charge is -2.11. The Balaban J connectivity index is 1.57. The predicted octanol–water partition coefficient (Wildman–Crippen LogP) is 4.99. The van der Waals surface area contributed by atoms with Crippen LogP contribution in [-0.2, 0) is 0 Å². The number of halogens is 1. The van der Waals surface area contributed by atoms with Crippen molar-refractivity contribution >= 4 is 51.9 Å². The minimum Gasteiger partial charge on any atom is -0.459 e. The molecule has 0 radical (unpaired) electrons. The summed E-state index contributed by atoms with van der Waals surface area (Å²) in [5.74, 6) is -0.0436. The molecule has 1 aromatic heterocycles. The largest absolute Gasteiger partial charge is 0.459 e. The van der Waals surface area contributed by atoms with Gasteiger partial charge >= 0.3 is 0 Å². The van der Waals surface area contributed by atoms with E-state index in [0.29, 0.717) is 15.8 Å². The summed E-state index contributed by atoms with van der Waals surface area (Å²) in [4.78, 5) is 11.9. The van der Waals surface area contributed by atoms with Crippen LogP contribution in [-0.4, -0.2) is 11.0 Å². The molecule has 0 aliphatic carbocycles. The van der Waals surface area contributed by atoms with Gasteiger partial charge in [0.2, 0.25) is 0 Å². The SMILES string of the molecule is O=C(Nc1ccc(NC(=S)Nc2cccc(Cl)c2)cc1)c1ccco1. The molecule has 3 rings (SSSR count). The third kappa shape index (κ3) is 4.82. The summed E-state index contributed by atoms with van der Waals surface area (Å²) in [6, 6.07) is 17.7. The molecule has 3 aromatic rings. The minimum absolute atomic E-state index is 0.258. The number of amides is 1. The molecule has 126 valence electrons. The summed E-state index contributed by atoms with van der Waals surface area (Å²) >= 11 is 11.2. The second-order valence-electron chi connectivity index (χ2n) is 5.10. The van der Waals surface area contributed by atoms with Crippen molar-refractivity contribution in [2.24, 2.45) is 0 Å². The number of thiocarbonyl (C=S) groups is 1. The Labute approximate surface area is 155 Å². The second kappa shape index (κ2) is 7.83. The predicted molar refractivity (Wildman–Crippen MR) is 104 cm³/mol. The Bertz CT molecular complexity index is 880. The summed E-state index contributed by atoms with van der Waals surface area (Å²) in [6.07, 6.45) is 1.45. The highest BCUT2D eigenvalue weighted by molar-refractivity contribution is 7.80. The molecule has 0 atom stereocenters. The van der Waals surface area contributed by atoms with Gasteiger partial charge in [-0.05, 0) is 66.8 Å². The molecule has 7 heteroatoms. The molecule has 0 aliphatic rings. The van der Waals surface area contributed by atoms with Crippen molar-refractivity contribution < 1.29 is 9.21 Å². The molecule has 0 aliphatic heterocycles. The van der Waals surface area contributed by atoms with Gasteiger partial charge in [0.1, 0.15) is 0 Å². The van der Waals surface area contributed by atoms with Crippen LogP contribution in [0.1, 0.15) is 10.6 Å². The number of rotatable bonds is 4. The van der Waals surface area contributed by atoms with E-state index in [1.54, 1.807) is 36.4 Å². The molecular formula is C18H14ClN3O2S. The molecule has 2 aromatic carbocycles. The summed E-state index contributed by atoms with van der Waals surface area (Å²) < 4.78 is 5.05. The average Bonchev–Trinajstić information content (AvgIpc) is 3.11. The van der Waals surface area contributed by atoms with Gasteiger partial charge in [0, 0.05) is 22.1 Å². The quantitative estimate of drug-likeness (QED) is 0.563. The summed E-state index contributed by atoms with van der Waals surface area (Å²) in [6.45, 7) is 0. The first-order valence-electron chi connectivity index (χ1n) is 7.39. The van der Waals surface area contributed by atoms with E-state index in [1.165, 1.54) is 6.26 Å². The maximum atomic E-state index is 11.9. The van der Waals surface area contributed by atoms with Crippen LogP contribution >= 0.6 is 23.8 Å². The zero-order chi connectivity index (χ0) is 17.6. The Morgan fingerprint density at radius 2 is 1.56 bits per heavy atom. The van der Waals surface area contributed by atoms with E-state index in [4.69, 9.17) is 28.2 Å². The zero-order valence-electron chi connectivity index (χ0n) is 13.0. The molecule has 0 fully saturated rings. The molecule has 5 nitrogen and oxygen atoms in total. The van der Waals surface area contributed by atoms with Gasteiger partial charge in [-0.25, -0.2) is 0 Å². The number of anilines is 3. The first-order chi connectivity index (χ1) is 12.1. The highest BCUT2D eigenvalue weighted by Gasteiger charge is 2.08. The van der Waals surface area contributed by atoms with Crippen LogP contribution in [0.5, 0.6) is 0 Å². The Hall–Kier alpha value is -2.83. The van der Waals surface area contributed by atoms with Crippen LogP contribution in [0.25, 0.3) is 0 Å². The van der Waals surface area contributed by atoms with E-state index in [-0.39, 0.29) is 11.7 Å². The first kappa shape index (κ1) is 17.0. The summed E-state index contributed by atoms with van der Waals surface area (Å²) in [5.41, 5.74) is 2.24. The topological polar surface area (TPSA) is 66.3 Å². The summed E-state index contributed by atoms with van der Waals surface area (Å²) in [5, 5.41) is 9.93. The van der Waals surface area contributed by atoms with Crippen molar-refractivity contribution in [2.45, 2.75) is 0 Å². The second-order valence-corrected chi connectivity index (χ2v) is 5.94. The van der Waals surface area contributed by atoms with E-state index in [9.17, 15) is 4.79 Å². The fourth-order valence-corrected chi connectivity index (χ4v) is 2.52. The molecule has 0 unspecified atom stereocenters. The normalized spacial score (nSPS) is 10.1. The van der Waals surface area contributed by atoms with Gasteiger partial charge < -0.3 is 20.4 Å². The van der Waals surface area contributed by atoms with Crippen molar-refractivity contribution in [1.29, 1.82) is 0 Å². The van der Waals surface area contributed by atoms with Crippen molar-refractivity contribution in [3.8, 4) is 0 Å². The number of nitrogens with one attached hydrogen (secondary N) is 3. The molecule has 3 N–H and O–H groups in total. The zero-order valence-corrected chi connectivity index (χ0v) is 14.5. The summed E-state index contributed by atoms with van der Waals surface area (Å²) in [7, 11) is 0. The van der Waals surface area contributed by atoms with Crippen molar-refractivity contribution in [3.05, 3.63) is 77.7 Å². The van der Waals surface area contributed by atoms with Crippen molar-refractivity contribution in [3.63, 3.8) is 0 Å². The van der Waals surface area contributed by atoms with Gasteiger partial charge in [-0.15, -0.1) is 0 Å². The van der Waals surface area contributed by atoms with Gasteiger partial charge in [-0.1, -0.05) is 17.7 Å². The maximum absolute atomic E-state index is 11.9. The van der Waals surface area contributed by atoms with Crippen LogP contribution in [0, 0.1) is 0 Å². The van der Waals surface area contributed by atoms with Gasteiger partial charge in [0.15, 0.2) is 10.9 Å². The number of carbonyl (C=O) groups excluding carboxylic acids is 1. The van der Waals surface area contributed by atoms with Crippen LogP contribution in [0.3, 0.4) is 0 Å². The number of hydrogen-bond donors (Lipinski definition) is 3. The lowest BCUT2D eigenvalue weighted by molar-refractivity contribution is 0.0996. The highest BCUT2D eigenvalue weighted by atomic mass is 35.5. The number of hydrogen-bond acceptors (Lipinski definition) is 3. The van der Waals surface area contributed by atoms with Gasteiger partial charge in [-0.3, -0.25) is 4.79 Å². The van der Waals surface area contributed by atoms with Crippen molar-refractivity contribution in [2.75, 3.05) is 16.0 Å². The third-order valence-corrected chi connectivity index (χ3v) is 3.67. The molecule has 0 spiro atoms. The van der Waals surface area contributed by atoms with Gasteiger partial charge in [0.05, 0.1) is 6.26 Å². The molecular weight excluding hydrogens is 358 g/mol. The number of furan rings is 1. The van der Waals surface area contributed by atoms with E-state index in [1.807, 2.05) is 24.3 Å². The fourth-order valence-electron chi connectivity index (χ4n) is 2.10. The number of carbonyl (C=O) groups is 1. The van der Waals surface area contributed by atoms with E-state index < -0.39 is 0 Å². The van der Waals surface area contributed by atoms with Gasteiger partial charge in [0.25, 0.3) is 5.91 Å². The highest BCUT2D eigenvalue weighted by Crippen LogP contribution is 2.17. The Morgan fingerprint density at radius 1 is 0.880 bits per heavy atom. The lowest BCUT2D eigenvalue weighted by atomic mass is 10.2. The fraction of sp³-hybridized carbons (Fsp3) is 0. The third-order valence-electron chi connectivity index (χ3n) is 3.23. The lowest BCUT2D eigenvalue weighted by Crippen LogP contribution is -2.19. The molecule has 0 saturated carbocycles. The van der Waals surface area contributed by atoms with Crippen LogP contribution in [0.2, 0.25) is 5.02 Å². The molecule has 0 saturated heterocycles. The standard InChI is InChI=1S/C18H14ClN3O2S/c19-12-3-1-4-15(11-12)22-18(25)21-14-8-6-13(7-9-14)20-17(23)16-5-2-10-24-16/h1-11H,(H,20,23)(H2,21,22,25). The Kier molecular flexibility index (Phi) is 5.33. The first-order valence-corrected chi connectivity index (χ1v) is 8.17. The van der Waals surface area contributed by atoms with Crippen molar-refractivity contribution in [1.82, 2.24) is 0 Å². The molecule has 1 heterocycles. The van der Waals surface area contributed by atoms with Gasteiger partial charge in [-0.2, -0.15) is 0 Å². The monoisotopic (exact) mass is 371 g/mol. The maximum Gasteiger partial charge on any atom is 0.291 e. The molecule has 0 bridgehead atoms. The Morgan fingerprint density at radius 3 is 2.20 bits per heavy atom. The van der Waals surface area contributed by atoms with Crippen LogP contribution in [0.4, 0.5) is 17.1 Å². The molecule has 1 amide bonds. The average molecular weight is 372 g/mol. The van der Waals surface area contributed by atoms with E-state index >= 15 is 0 Å². The van der Waals surface area contributed by atoms with E-state index in [2.05, 4.69) is 16.0 Å². The smallest absolute Gasteiger partial charge is 0.291 e. The van der Waals surface area contributed by atoms with E-state index in [0.717, 1.165) is 11.4 Å². The van der Waals surface area contributed by atoms with Crippen LogP contribution < -0.4 is 16.0 Å². The minimum atomic E-state index is -0.302.